The number of esters is 2. The van der Waals surface area contributed by atoms with Gasteiger partial charge in [0.05, 0.1) is 18.8 Å². The lowest BCUT2D eigenvalue weighted by Crippen LogP contribution is -2.66. The first-order valence-corrected chi connectivity index (χ1v) is 11.1. The van der Waals surface area contributed by atoms with Crippen LogP contribution in [0, 0.1) is 0 Å². The summed E-state index contributed by atoms with van der Waals surface area (Å²) in [5.74, 6) is -25.7. The monoisotopic (exact) mass is 684 g/mol. The summed E-state index contributed by atoms with van der Waals surface area (Å²) in [5, 5.41) is 9.92. The first kappa shape index (κ1) is 38.8. The van der Waals surface area contributed by atoms with E-state index in [2.05, 4.69) is 14.2 Å². The lowest BCUT2D eigenvalue weighted by molar-refractivity contribution is -0.541. The molecule has 0 bridgehead atoms. The van der Waals surface area contributed by atoms with Crippen molar-refractivity contribution in [3.63, 3.8) is 0 Å². The molecule has 0 aromatic heterocycles. The Kier molecular flexibility index (Phi) is 11.1. The van der Waals surface area contributed by atoms with Crippen LogP contribution >= 0.6 is 0 Å². The van der Waals surface area contributed by atoms with Crippen LogP contribution in [-0.4, -0.2) is 78.9 Å². The fraction of sp³-hybridized carbons (Fsp3) is 0.619. The van der Waals surface area contributed by atoms with E-state index in [0.29, 0.717) is 0 Å². The normalized spacial score (nSPS) is 15.9. The van der Waals surface area contributed by atoms with Crippen LogP contribution in [0.3, 0.4) is 0 Å². The van der Waals surface area contributed by atoms with Crippen LogP contribution in [0.4, 0.5) is 70.2 Å². The minimum Gasteiger partial charge on any atom is -0.507 e. The molecule has 7 nitrogen and oxygen atoms in total. The predicted octanol–water partition coefficient (Wildman–Crippen LogP) is 6.86. The summed E-state index contributed by atoms with van der Waals surface area (Å²) in [6.45, 7) is 1.42. The maximum absolute atomic E-state index is 14.6. The van der Waals surface area contributed by atoms with E-state index in [9.17, 15) is 84.9 Å². The van der Waals surface area contributed by atoms with E-state index in [1.54, 1.807) is 0 Å². The zero-order valence-electron chi connectivity index (χ0n) is 21.3. The third kappa shape index (κ3) is 7.69. The highest BCUT2D eigenvalue weighted by Crippen LogP contribution is 2.55. The van der Waals surface area contributed by atoms with E-state index in [4.69, 9.17) is 0 Å². The van der Waals surface area contributed by atoms with E-state index in [1.807, 2.05) is 0 Å². The number of phenolic OH excluding ortho intramolecular Hbond substituents is 1. The number of aromatic hydroxyl groups is 1. The zero-order chi connectivity index (χ0) is 34.9. The van der Waals surface area contributed by atoms with Gasteiger partial charge in [0.2, 0.25) is 0 Å². The maximum Gasteiger partial charge on any atom is 0.462 e. The van der Waals surface area contributed by atoms with Gasteiger partial charge in [-0.2, -0.15) is 57.1 Å². The molecule has 0 aliphatic rings. The van der Waals surface area contributed by atoms with Gasteiger partial charge in [-0.3, -0.25) is 9.47 Å². The highest BCUT2D eigenvalue weighted by Gasteiger charge is 2.84. The second-order valence-electron chi connectivity index (χ2n) is 8.14. The van der Waals surface area contributed by atoms with Gasteiger partial charge in [0.15, 0.2) is 0 Å². The molecule has 0 saturated heterocycles. The minimum atomic E-state index is -7.86. The van der Waals surface area contributed by atoms with Crippen LogP contribution in [-0.2, 0) is 25.4 Å². The maximum atomic E-state index is 14.6. The summed E-state index contributed by atoms with van der Waals surface area (Å²) in [6, 6.07) is 0.405. The smallest absolute Gasteiger partial charge is 0.462 e. The average molecular weight is 684 g/mol. The van der Waals surface area contributed by atoms with Gasteiger partial charge in [-0.25, -0.2) is 22.8 Å². The van der Waals surface area contributed by atoms with Gasteiger partial charge in [-0.15, -0.1) is 0 Å². The third-order valence-electron chi connectivity index (χ3n) is 4.95. The molecule has 23 heteroatoms. The lowest BCUT2D eigenvalue weighted by Gasteiger charge is -2.38. The van der Waals surface area contributed by atoms with Gasteiger partial charge in [-0.1, -0.05) is 0 Å². The molecule has 0 heterocycles. The van der Waals surface area contributed by atoms with E-state index in [1.165, 1.54) is 11.7 Å². The number of benzene rings is 1. The van der Waals surface area contributed by atoms with Crippen molar-refractivity contribution in [2.75, 3.05) is 13.2 Å². The molecule has 0 saturated carbocycles. The van der Waals surface area contributed by atoms with Gasteiger partial charge >= 0.3 is 54.2 Å². The first-order valence-electron chi connectivity index (χ1n) is 11.1. The van der Waals surface area contributed by atoms with Crippen LogP contribution in [0.15, 0.2) is 12.1 Å². The topological polar surface area (TPSA) is 91.3 Å². The summed E-state index contributed by atoms with van der Waals surface area (Å²) in [4.78, 5) is 24.0. The molecule has 1 rings (SSSR count). The van der Waals surface area contributed by atoms with Crippen molar-refractivity contribution in [1.82, 2.24) is 0 Å². The lowest BCUT2D eigenvalue weighted by atomic mass is 9.97. The predicted molar refractivity (Wildman–Crippen MR) is 107 cm³/mol. The molecular weight excluding hydrogens is 668 g/mol. The molecule has 2 unspecified atom stereocenters. The van der Waals surface area contributed by atoms with Crippen LogP contribution in [0.2, 0.25) is 0 Å². The first-order chi connectivity index (χ1) is 19.5. The van der Waals surface area contributed by atoms with Crippen molar-refractivity contribution in [3.05, 3.63) is 28.8 Å². The molecule has 1 N–H and O–H groups in total. The van der Waals surface area contributed by atoms with Gasteiger partial charge < -0.3 is 14.6 Å². The standard InChI is InChI=1S/C21H16F16O7/c1-3-41-12(39)9-6-11(38)10(13(40)42-4-2)5-8(9)7-15(23,24)14(22)43-21(36,37)17(27,19(31,32)33)44-20(34,35)16(25,26)18(28,29)30/h5-6,14,38H,3-4,7H2,1-2H3. The fourth-order valence-electron chi connectivity index (χ4n) is 2.86. The zero-order valence-corrected chi connectivity index (χ0v) is 21.3. The molecule has 0 amide bonds. The van der Waals surface area contributed by atoms with E-state index in [-0.39, 0.29) is 12.1 Å². The Balaban J connectivity index is 3.60. The highest BCUT2D eigenvalue weighted by atomic mass is 19.4. The summed E-state index contributed by atoms with van der Waals surface area (Å²) < 4.78 is 227. The number of halogens is 16. The Labute approximate surface area is 233 Å². The molecule has 2 atom stereocenters. The van der Waals surface area contributed by atoms with E-state index >= 15 is 0 Å². The highest BCUT2D eigenvalue weighted by molar-refractivity contribution is 5.97. The van der Waals surface area contributed by atoms with E-state index in [0.717, 1.165) is 6.92 Å². The van der Waals surface area contributed by atoms with Gasteiger partial charge in [0.25, 0.3) is 6.36 Å². The second kappa shape index (κ2) is 12.6. The van der Waals surface area contributed by atoms with Crippen LogP contribution in [0.1, 0.15) is 40.1 Å². The van der Waals surface area contributed by atoms with Crippen molar-refractivity contribution in [2.45, 2.75) is 68.9 Å². The van der Waals surface area contributed by atoms with E-state index < -0.39 is 103 Å². The van der Waals surface area contributed by atoms with Crippen molar-refractivity contribution < 1.29 is 104 Å². The quantitative estimate of drug-likeness (QED) is 0.179. The molecule has 1 aromatic rings. The number of hydrogen-bond acceptors (Lipinski definition) is 7. The number of carbonyl (C=O) groups is 2. The Morgan fingerprint density at radius 3 is 1.59 bits per heavy atom. The molecular formula is C21H16F16O7. The Bertz CT molecular complexity index is 1200. The number of phenols is 1. The third-order valence-corrected chi connectivity index (χ3v) is 4.95. The van der Waals surface area contributed by atoms with Crippen LogP contribution in [0.25, 0.3) is 0 Å². The summed E-state index contributed by atoms with van der Waals surface area (Å²) in [5.41, 5.74) is -3.53. The minimum absolute atomic E-state index is 0.163. The average Bonchev–Trinajstić information content (AvgIpc) is 2.82. The Hall–Kier alpha value is -3.24. The van der Waals surface area contributed by atoms with Crippen molar-refractivity contribution in [3.8, 4) is 5.75 Å². The van der Waals surface area contributed by atoms with Crippen molar-refractivity contribution in [1.29, 1.82) is 0 Å². The second-order valence-corrected chi connectivity index (χ2v) is 8.14. The van der Waals surface area contributed by atoms with Crippen LogP contribution < -0.4 is 0 Å². The molecule has 254 valence electrons. The van der Waals surface area contributed by atoms with Crippen LogP contribution in [0.5, 0.6) is 5.75 Å². The number of alkyl halides is 16. The fourth-order valence-corrected chi connectivity index (χ4v) is 2.86. The molecule has 0 spiro atoms. The molecule has 0 aliphatic carbocycles. The SMILES string of the molecule is CCOC(=O)c1cc(CC(F)(F)C(F)OC(F)(F)C(F)(OC(F)(F)C(F)(F)C(F)(F)F)C(F)(F)F)c(C(=O)OCC)cc1O. The molecule has 1 aromatic carbocycles. The van der Waals surface area contributed by atoms with Crippen molar-refractivity contribution >= 4 is 11.9 Å². The Morgan fingerprint density at radius 2 is 1.18 bits per heavy atom. The molecule has 0 aliphatic heterocycles. The molecule has 0 radical (unpaired) electrons. The van der Waals surface area contributed by atoms with Crippen molar-refractivity contribution in [2.24, 2.45) is 0 Å². The Morgan fingerprint density at radius 1 is 0.727 bits per heavy atom. The van der Waals surface area contributed by atoms with Gasteiger partial charge in [-0.05, 0) is 31.5 Å². The summed E-state index contributed by atoms with van der Waals surface area (Å²) >= 11 is 0. The summed E-state index contributed by atoms with van der Waals surface area (Å²) in [6.07, 6.45) is -38.6. The largest absolute Gasteiger partial charge is 0.507 e. The number of hydrogen-bond donors (Lipinski definition) is 1. The van der Waals surface area contributed by atoms with Gasteiger partial charge in [0, 0.05) is 6.42 Å². The summed E-state index contributed by atoms with van der Waals surface area (Å²) in [7, 11) is 0. The number of carbonyl (C=O) groups excluding carboxylic acids is 2. The number of rotatable bonds is 13. The molecule has 44 heavy (non-hydrogen) atoms. The number of ether oxygens (including phenoxy) is 4. The van der Waals surface area contributed by atoms with Gasteiger partial charge in [0.1, 0.15) is 11.3 Å². The molecule has 0 fully saturated rings.